The van der Waals surface area contributed by atoms with Crippen molar-refractivity contribution in [2.45, 2.75) is 134 Å². The van der Waals surface area contributed by atoms with Crippen molar-refractivity contribution in [1.82, 2.24) is 41.0 Å². The molecule has 0 bridgehead atoms. The Morgan fingerprint density at radius 3 is 1.69 bits per heavy atom. The van der Waals surface area contributed by atoms with Crippen LogP contribution in [0.15, 0.2) is 60.8 Å². The average Bonchev–Trinajstić information content (AvgIpc) is 4.11. The number of nitrogens with zero attached hydrogens (tertiary/aromatic N) is 3. The molecule has 5 N–H and O–H groups in total. The fourth-order valence-electron chi connectivity index (χ4n) is 9.70. The molecule has 7 amide bonds. The second-order valence-electron chi connectivity index (χ2n) is 18.0. The van der Waals surface area contributed by atoms with Gasteiger partial charge in [-0.1, -0.05) is 82.6 Å². The Balaban J connectivity index is 1.28. The van der Waals surface area contributed by atoms with Crippen LogP contribution in [0.3, 0.4) is 0 Å². The monoisotopic (exact) mass is 850 g/mol. The van der Waals surface area contributed by atoms with Crippen LogP contribution in [0.2, 0.25) is 0 Å². The van der Waals surface area contributed by atoms with Gasteiger partial charge in [0.2, 0.25) is 41.4 Å². The van der Waals surface area contributed by atoms with Crippen molar-refractivity contribution in [3.8, 4) is 0 Å². The number of hydrogen-bond donors (Lipinski definition) is 5. The van der Waals surface area contributed by atoms with Crippen molar-refractivity contribution >= 4 is 52.3 Å². The Bertz CT molecular complexity index is 2140. The number of carbonyl (C=O) groups is 7. The van der Waals surface area contributed by atoms with E-state index in [2.05, 4.69) is 26.3 Å². The molecular weight excluding hydrogens is 789 g/mol. The lowest BCUT2D eigenvalue weighted by Gasteiger charge is -2.34. The van der Waals surface area contributed by atoms with E-state index in [9.17, 15) is 33.6 Å². The van der Waals surface area contributed by atoms with Gasteiger partial charge in [0.05, 0.1) is 0 Å². The van der Waals surface area contributed by atoms with Crippen LogP contribution in [-0.4, -0.2) is 123 Å². The second kappa shape index (κ2) is 19.5. The predicted molar refractivity (Wildman–Crippen MR) is 233 cm³/mol. The van der Waals surface area contributed by atoms with E-state index in [1.54, 1.807) is 6.20 Å². The maximum absolute atomic E-state index is 14.7. The minimum atomic E-state index is -1.14. The summed E-state index contributed by atoms with van der Waals surface area (Å²) in [5, 5.41) is 12.9. The number of fused-ring (bicyclic) bond motifs is 4. The first kappa shape index (κ1) is 44.3. The van der Waals surface area contributed by atoms with Crippen LogP contribution in [0.4, 0.5) is 0 Å². The molecule has 5 heterocycles. The smallest absolute Gasteiger partial charge is 0.246 e. The zero-order valence-electron chi connectivity index (χ0n) is 36.4. The normalized spacial score (nSPS) is 27.6. The summed E-state index contributed by atoms with van der Waals surface area (Å²) in [6, 6.07) is 10.1. The van der Waals surface area contributed by atoms with Crippen LogP contribution in [0.5, 0.6) is 0 Å². The Morgan fingerprint density at radius 2 is 1.10 bits per heavy atom. The summed E-state index contributed by atoms with van der Waals surface area (Å²) in [4.78, 5) is 109. The number of nitrogens with one attached hydrogen (secondary N) is 5. The first-order chi connectivity index (χ1) is 29.8. The molecule has 8 atom stereocenters. The van der Waals surface area contributed by atoms with Crippen LogP contribution in [0, 0.1) is 11.8 Å². The van der Waals surface area contributed by atoms with E-state index in [1.165, 1.54) is 14.7 Å². The highest BCUT2D eigenvalue weighted by atomic mass is 16.2. The van der Waals surface area contributed by atoms with Crippen molar-refractivity contribution in [2.75, 3.05) is 19.6 Å². The van der Waals surface area contributed by atoms with Gasteiger partial charge < -0.3 is 41.0 Å². The average molecular weight is 851 g/mol. The largest absolute Gasteiger partial charge is 0.361 e. The zero-order chi connectivity index (χ0) is 44.1. The molecule has 4 saturated heterocycles. The van der Waals surface area contributed by atoms with E-state index in [0.29, 0.717) is 58.0 Å². The van der Waals surface area contributed by atoms with Crippen LogP contribution < -0.4 is 21.3 Å². The van der Waals surface area contributed by atoms with E-state index in [1.807, 2.05) is 82.3 Å². The summed E-state index contributed by atoms with van der Waals surface area (Å²) in [5.74, 6) is -3.58. The van der Waals surface area contributed by atoms with Crippen molar-refractivity contribution in [2.24, 2.45) is 11.8 Å². The van der Waals surface area contributed by atoms with Gasteiger partial charge in [-0.25, -0.2) is 0 Å². The molecule has 15 nitrogen and oxygen atoms in total. The van der Waals surface area contributed by atoms with E-state index in [-0.39, 0.29) is 43.6 Å². The molecule has 3 aromatic rings. The van der Waals surface area contributed by atoms with Gasteiger partial charge in [-0.15, -0.1) is 0 Å². The number of hydrogen-bond acceptors (Lipinski definition) is 7. The lowest BCUT2D eigenvalue weighted by Crippen LogP contribution is -2.60. The second-order valence-corrected chi connectivity index (χ2v) is 18.0. The number of para-hydroxylation sites is 1. The number of benzene rings is 2. The Labute approximate surface area is 363 Å². The fraction of sp³-hybridized carbons (Fsp3) is 0.553. The topological polar surface area (TPSA) is 193 Å². The van der Waals surface area contributed by atoms with Crippen molar-refractivity contribution in [1.29, 1.82) is 0 Å². The number of carbonyl (C=O) groups excluding carboxylic acids is 7. The first-order valence-corrected chi connectivity index (χ1v) is 22.6. The molecule has 4 aliphatic rings. The Hall–Kier alpha value is -5.73. The SMILES string of the molecule is CCC(C)[C@@H]1NC(=O)[C@@H]2CCCN2C(=O)[C@H](CC(C)C)NC(=O)[C@H](Cc2c[nH]c3ccccc23)NC(=O)[C@@H]2CCCN2C(=O)[C@H](Cc2ccccc2)NC(=O)[C@@H]2CCCN2C1=O. The summed E-state index contributed by atoms with van der Waals surface area (Å²) in [5.41, 5.74) is 2.45. The summed E-state index contributed by atoms with van der Waals surface area (Å²) in [7, 11) is 0. The van der Waals surface area contributed by atoms with E-state index >= 15 is 0 Å². The third-order valence-corrected chi connectivity index (χ3v) is 13.2. The lowest BCUT2D eigenvalue weighted by atomic mass is 9.96. The zero-order valence-corrected chi connectivity index (χ0v) is 36.4. The van der Waals surface area contributed by atoms with Gasteiger partial charge in [0.25, 0.3) is 0 Å². The first-order valence-electron chi connectivity index (χ1n) is 22.6. The summed E-state index contributed by atoms with van der Waals surface area (Å²) in [6.07, 6.45) is 5.64. The van der Waals surface area contributed by atoms with E-state index in [0.717, 1.165) is 22.0 Å². The number of H-pyrrole nitrogens is 1. The molecular formula is C47H62N8O7. The Morgan fingerprint density at radius 1 is 0.581 bits per heavy atom. The van der Waals surface area contributed by atoms with Crippen LogP contribution >= 0.6 is 0 Å². The standard InChI is InChI=1S/C47H62N8O7/c1-5-29(4)40-47(62)55-23-13-19-38(55)43(58)51-36(25-30-14-7-6-8-15-30)46(61)53-21-11-18-37(53)42(57)49-34(26-31-27-48-33-17-10-9-16-32(31)33)41(56)50-35(24-28(2)3)45(60)54-22-12-20-39(54)44(59)52-40/h6-10,14-17,27-29,34-40,48H,5,11-13,18-26H2,1-4H3,(H,49,57)(H,50,56)(H,51,58)(H,52,59)/t29?,34-,35-,36-,37-,38-,39-,40-/m0/s1. The quantitative estimate of drug-likeness (QED) is 0.230. The molecule has 15 heteroatoms. The summed E-state index contributed by atoms with van der Waals surface area (Å²) >= 11 is 0. The van der Waals surface area contributed by atoms with Gasteiger partial charge in [0.15, 0.2) is 0 Å². The molecule has 332 valence electrons. The number of aromatic nitrogens is 1. The van der Waals surface area contributed by atoms with Gasteiger partial charge in [-0.3, -0.25) is 33.6 Å². The molecule has 0 radical (unpaired) electrons. The fourth-order valence-corrected chi connectivity index (χ4v) is 9.70. The highest BCUT2D eigenvalue weighted by Crippen LogP contribution is 2.27. The molecule has 0 spiro atoms. The molecule has 62 heavy (non-hydrogen) atoms. The summed E-state index contributed by atoms with van der Waals surface area (Å²) < 4.78 is 0. The van der Waals surface area contributed by atoms with Crippen LogP contribution in [-0.2, 0) is 46.4 Å². The maximum atomic E-state index is 14.7. The number of amides is 7. The van der Waals surface area contributed by atoms with Gasteiger partial charge in [-0.2, -0.15) is 0 Å². The predicted octanol–water partition coefficient (Wildman–Crippen LogP) is 2.97. The molecule has 2 aromatic carbocycles. The number of aromatic amines is 1. The highest BCUT2D eigenvalue weighted by Gasteiger charge is 2.45. The van der Waals surface area contributed by atoms with Gasteiger partial charge in [0.1, 0.15) is 42.3 Å². The van der Waals surface area contributed by atoms with Gasteiger partial charge >= 0.3 is 0 Å². The molecule has 4 aliphatic heterocycles. The molecule has 0 saturated carbocycles. The minimum absolute atomic E-state index is 0.0192. The van der Waals surface area contributed by atoms with Crippen LogP contribution in [0.1, 0.15) is 90.2 Å². The minimum Gasteiger partial charge on any atom is -0.361 e. The van der Waals surface area contributed by atoms with Crippen LogP contribution in [0.25, 0.3) is 10.9 Å². The maximum Gasteiger partial charge on any atom is 0.246 e. The third kappa shape index (κ3) is 9.66. The van der Waals surface area contributed by atoms with Crippen molar-refractivity contribution < 1.29 is 33.6 Å². The molecule has 4 fully saturated rings. The molecule has 7 rings (SSSR count). The molecule has 0 aliphatic carbocycles. The molecule has 1 unspecified atom stereocenters. The third-order valence-electron chi connectivity index (χ3n) is 13.2. The highest BCUT2D eigenvalue weighted by molar-refractivity contribution is 5.99. The number of rotatable bonds is 8. The van der Waals surface area contributed by atoms with Gasteiger partial charge in [-0.05, 0) is 74.0 Å². The van der Waals surface area contributed by atoms with Crippen molar-refractivity contribution in [3.05, 3.63) is 71.9 Å². The van der Waals surface area contributed by atoms with E-state index in [4.69, 9.17) is 0 Å². The van der Waals surface area contributed by atoms with E-state index < -0.39 is 77.7 Å². The lowest BCUT2D eigenvalue weighted by molar-refractivity contribution is -0.146. The van der Waals surface area contributed by atoms with Gasteiger partial charge in [0, 0.05) is 49.6 Å². The van der Waals surface area contributed by atoms with Crippen molar-refractivity contribution in [3.63, 3.8) is 0 Å². The summed E-state index contributed by atoms with van der Waals surface area (Å²) in [6.45, 7) is 8.57. The Kier molecular flexibility index (Phi) is 14.0. The molecule has 1 aromatic heterocycles.